The molecule has 1 saturated heterocycles. The number of fused-ring (bicyclic) bond motifs is 2. The summed E-state index contributed by atoms with van der Waals surface area (Å²) < 4.78 is 24.7. The molecule has 0 bridgehead atoms. The van der Waals surface area contributed by atoms with Gasteiger partial charge in [-0.15, -0.1) is 11.8 Å². The van der Waals surface area contributed by atoms with E-state index in [0.29, 0.717) is 34.9 Å². The molecule has 2 aromatic carbocycles. The number of benzene rings is 2. The van der Waals surface area contributed by atoms with E-state index in [0.717, 1.165) is 18.4 Å². The van der Waals surface area contributed by atoms with Gasteiger partial charge in [0.25, 0.3) is 5.91 Å². The van der Waals surface area contributed by atoms with Crippen LogP contribution in [0.3, 0.4) is 0 Å². The molecule has 2 amide bonds. The highest BCUT2D eigenvalue weighted by Gasteiger charge is 2.39. The lowest BCUT2D eigenvalue weighted by atomic mass is 9.84. The van der Waals surface area contributed by atoms with E-state index < -0.39 is 0 Å². The van der Waals surface area contributed by atoms with E-state index in [1.165, 1.54) is 17.8 Å². The Kier molecular flexibility index (Phi) is 5.78. The fourth-order valence-electron chi connectivity index (χ4n) is 4.35. The summed E-state index contributed by atoms with van der Waals surface area (Å²) in [5, 5.41) is 6.22. The molecule has 2 heterocycles. The van der Waals surface area contributed by atoms with Gasteiger partial charge < -0.3 is 20.1 Å². The van der Waals surface area contributed by atoms with E-state index in [9.17, 15) is 14.0 Å². The lowest BCUT2D eigenvalue weighted by Gasteiger charge is -2.39. The molecule has 2 fully saturated rings. The Balaban J connectivity index is 1.18. The van der Waals surface area contributed by atoms with Crippen molar-refractivity contribution < 1.29 is 23.5 Å². The van der Waals surface area contributed by atoms with Crippen molar-refractivity contribution in [2.45, 2.75) is 37.1 Å². The van der Waals surface area contributed by atoms with E-state index >= 15 is 0 Å². The van der Waals surface area contributed by atoms with Crippen molar-refractivity contribution in [3.63, 3.8) is 0 Å². The Hall–Kier alpha value is -3.00. The van der Waals surface area contributed by atoms with E-state index in [1.54, 1.807) is 24.3 Å². The molecule has 3 aliphatic rings. The summed E-state index contributed by atoms with van der Waals surface area (Å²) in [6.07, 6.45) is 3.77. The van der Waals surface area contributed by atoms with E-state index in [1.807, 2.05) is 18.2 Å². The number of carbonyl (C=O) groups is 2. The summed E-state index contributed by atoms with van der Waals surface area (Å²) in [6, 6.07) is 12.0. The maximum atomic E-state index is 14.0. The van der Waals surface area contributed by atoms with E-state index in [2.05, 4.69) is 10.6 Å². The number of halogens is 1. The van der Waals surface area contributed by atoms with Crippen LogP contribution in [0.2, 0.25) is 0 Å². The van der Waals surface area contributed by atoms with Crippen molar-refractivity contribution in [3.05, 3.63) is 64.3 Å². The van der Waals surface area contributed by atoms with Gasteiger partial charge in [0.1, 0.15) is 5.82 Å². The Bertz CT molecular complexity index is 1090. The van der Waals surface area contributed by atoms with E-state index in [-0.39, 0.29) is 41.6 Å². The zero-order valence-corrected chi connectivity index (χ0v) is 18.1. The zero-order valence-electron chi connectivity index (χ0n) is 17.3. The molecule has 0 spiro atoms. The molecule has 3 atom stereocenters. The molecule has 2 N–H and O–H groups in total. The largest absolute Gasteiger partial charge is 0.454 e. The lowest BCUT2D eigenvalue weighted by Crippen LogP contribution is -2.51. The molecule has 8 heteroatoms. The van der Waals surface area contributed by atoms with Crippen LogP contribution in [0, 0.1) is 11.7 Å². The first-order valence-corrected chi connectivity index (χ1v) is 11.5. The highest BCUT2D eigenvalue weighted by atomic mass is 32.2. The number of nitrogens with one attached hydrogen (secondary N) is 2. The molecule has 166 valence electrons. The van der Waals surface area contributed by atoms with Gasteiger partial charge in [0.2, 0.25) is 12.7 Å². The van der Waals surface area contributed by atoms with Crippen molar-refractivity contribution in [2.75, 3.05) is 6.79 Å². The molecule has 0 radical (unpaired) electrons. The van der Waals surface area contributed by atoms with Crippen molar-refractivity contribution in [1.82, 2.24) is 10.6 Å². The van der Waals surface area contributed by atoms with Crippen molar-refractivity contribution in [3.8, 4) is 11.5 Å². The number of thioether (sulfide) groups is 1. The normalized spacial score (nSPS) is 25.2. The predicted octanol–water partition coefficient (Wildman–Crippen LogP) is 3.61. The van der Waals surface area contributed by atoms with Crippen LogP contribution in [0.4, 0.5) is 4.39 Å². The minimum atomic E-state index is -0.349. The van der Waals surface area contributed by atoms with Gasteiger partial charge in [0.05, 0.1) is 4.91 Å². The number of ether oxygens (including phenoxy) is 2. The molecular formula is C24H23FN2O4S. The van der Waals surface area contributed by atoms with Gasteiger partial charge in [-0.05, 0) is 49.1 Å². The molecule has 5 rings (SSSR count). The smallest absolute Gasteiger partial charge is 0.257 e. The second-order valence-corrected chi connectivity index (χ2v) is 9.46. The molecule has 1 aliphatic carbocycles. The van der Waals surface area contributed by atoms with Crippen LogP contribution >= 0.6 is 11.8 Å². The van der Waals surface area contributed by atoms with Crippen molar-refractivity contribution in [2.24, 2.45) is 5.92 Å². The number of carbonyl (C=O) groups excluding carboxylic acids is 2. The van der Waals surface area contributed by atoms with Gasteiger partial charge in [-0.1, -0.05) is 24.3 Å². The van der Waals surface area contributed by atoms with E-state index in [4.69, 9.17) is 9.47 Å². The predicted molar refractivity (Wildman–Crippen MR) is 119 cm³/mol. The molecule has 3 unspecified atom stereocenters. The standard InChI is InChI=1S/C24H23FN2O4S/c25-17-4-2-1-3-15(17)11-22-24(29)27-18-10-16(6-8-21(18)32-22)23(28)26-12-14-5-7-19-20(9-14)31-13-30-19/h1-5,7,9,11,16,18,21H,6,8,10,12-13H2,(H,26,28)(H,27,29)/b22-11+. The third kappa shape index (κ3) is 4.32. The van der Waals surface area contributed by atoms with Crippen molar-refractivity contribution >= 4 is 29.7 Å². The molecule has 32 heavy (non-hydrogen) atoms. The number of hydrogen-bond donors (Lipinski definition) is 2. The molecule has 2 aliphatic heterocycles. The average molecular weight is 455 g/mol. The summed E-state index contributed by atoms with van der Waals surface area (Å²) in [5.41, 5.74) is 1.35. The highest BCUT2D eigenvalue weighted by Crippen LogP contribution is 2.40. The third-order valence-electron chi connectivity index (χ3n) is 6.07. The summed E-state index contributed by atoms with van der Waals surface area (Å²) in [6.45, 7) is 0.632. The van der Waals surface area contributed by atoms with Gasteiger partial charge in [0, 0.05) is 29.3 Å². The summed E-state index contributed by atoms with van der Waals surface area (Å²) in [4.78, 5) is 25.9. The van der Waals surface area contributed by atoms with Crippen LogP contribution in [0.5, 0.6) is 11.5 Å². The first-order valence-electron chi connectivity index (χ1n) is 10.7. The Morgan fingerprint density at radius 1 is 1.19 bits per heavy atom. The number of hydrogen-bond acceptors (Lipinski definition) is 5. The summed E-state index contributed by atoms with van der Waals surface area (Å²) in [7, 11) is 0. The molecule has 1 saturated carbocycles. The van der Waals surface area contributed by atoms with Gasteiger partial charge in [-0.3, -0.25) is 9.59 Å². The Labute approximate surface area is 189 Å². The van der Waals surface area contributed by atoms with Crippen LogP contribution in [-0.4, -0.2) is 29.9 Å². The quantitative estimate of drug-likeness (QED) is 0.691. The Morgan fingerprint density at radius 3 is 2.91 bits per heavy atom. The summed E-state index contributed by atoms with van der Waals surface area (Å²) >= 11 is 1.49. The molecule has 0 aromatic heterocycles. The van der Waals surface area contributed by atoms with Crippen molar-refractivity contribution in [1.29, 1.82) is 0 Å². The molecule has 2 aromatic rings. The summed E-state index contributed by atoms with van der Waals surface area (Å²) in [5.74, 6) is 0.696. The fourth-order valence-corrected chi connectivity index (χ4v) is 5.63. The lowest BCUT2D eigenvalue weighted by molar-refractivity contribution is -0.127. The maximum absolute atomic E-state index is 14.0. The van der Waals surface area contributed by atoms with Gasteiger partial charge in [-0.2, -0.15) is 0 Å². The second-order valence-electron chi connectivity index (χ2n) is 8.18. The average Bonchev–Trinajstić information content (AvgIpc) is 3.27. The first-order chi connectivity index (χ1) is 15.6. The zero-order chi connectivity index (χ0) is 22.1. The van der Waals surface area contributed by atoms with Crippen LogP contribution in [0.25, 0.3) is 6.08 Å². The molecule has 6 nitrogen and oxygen atoms in total. The third-order valence-corrected chi connectivity index (χ3v) is 7.50. The van der Waals surface area contributed by atoms with Crippen LogP contribution in [0.15, 0.2) is 47.4 Å². The first kappa shape index (κ1) is 20.9. The molecular weight excluding hydrogens is 431 g/mol. The minimum Gasteiger partial charge on any atom is -0.454 e. The highest BCUT2D eigenvalue weighted by molar-refractivity contribution is 8.04. The van der Waals surface area contributed by atoms with Crippen LogP contribution in [-0.2, 0) is 16.1 Å². The van der Waals surface area contributed by atoms with Gasteiger partial charge in [0.15, 0.2) is 11.5 Å². The maximum Gasteiger partial charge on any atom is 0.257 e. The van der Waals surface area contributed by atoms with Crippen LogP contribution in [0.1, 0.15) is 30.4 Å². The second kappa shape index (κ2) is 8.86. The van der Waals surface area contributed by atoms with Gasteiger partial charge >= 0.3 is 0 Å². The Morgan fingerprint density at radius 2 is 2.03 bits per heavy atom. The monoisotopic (exact) mass is 454 g/mol. The number of rotatable bonds is 4. The van der Waals surface area contributed by atoms with Gasteiger partial charge in [-0.25, -0.2) is 4.39 Å². The minimum absolute atomic E-state index is 0.00642. The topological polar surface area (TPSA) is 76.7 Å². The fraction of sp³-hybridized carbons (Fsp3) is 0.333. The number of amides is 2. The SMILES string of the molecule is O=C1NC2CC(C(=O)NCc3ccc4c(c3)OCO4)CCC2S/C1=C/c1ccccc1F. The van der Waals surface area contributed by atoms with Crippen LogP contribution < -0.4 is 20.1 Å².